The van der Waals surface area contributed by atoms with Gasteiger partial charge in [-0.05, 0) is 17.8 Å². The van der Waals surface area contributed by atoms with Crippen molar-refractivity contribution in [3.05, 3.63) is 0 Å². The van der Waals surface area contributed by atoms with Gasteiger partial charge in [0.2, 0.25) is 0 Å². The molecule has 1 aliphatic heterocycles. The summed E-state index contributed by atoms with van der Waals surface area (Å²) in [6.07, 6.45) is 1.40. The molecule has 0 radical (unpaired) electrons. The lowest BCUT2D eigenvalue weighted by Gasteiger charge is -2.13. The van der Waals surface area contributed by atoms with Crippen molar-refractivity contribution in [1.29, 1.82) is 5.26 Å². The lowest BCUT2D eigenvalue weighted by molar-refractivity contribution is 0.318. The molecule has 2 fully saturated rings. The number of fused-ring (bicyclic) bond motifs is 1. The Labute approximate surface area is 61.4 Å². The number of hydrogen-bond donors (Lipinski definition) is 0. The lowest BCUT2D eigenvalue weighted by Crippen LogP contribution is -2.24. The average molecular weight is 136 g/mol. The summed E-state index contributed by atoms with van der Waals surface area (Å²) >= 11 is 0. The standard InChI is InChI=1S/C8H12N2/c1-8-4-7(8)5-10(6-8)3-2-9/h7H,3-6H2,1H3. The van der Waals surface area contributed by atoms with E-state index in [1.54, 1.807) is 0 Å². The van der Waals surface area contributed by atoms with Crippen LogP contribution in [0, 0.1) is 22.7 Å². The number of nitriles is 1. The van der Waals surface area contributed by atoms with E-state index >= 15 is 0 Å². The molecule has 1 aliphatic carbocycles. The molecule has 54 valence electrons. The Morgan fingerprint density at radius 1 is 1.80 bits per heavy atom. The van der Waals surface area contributed by atoms with Crippen LogP contribution in [0.25, 0.3) is 0 Å². The van der Waals surface area contributed by atoms with Crippen LogP contribution in [0.1, 0.15) is 13.3 Å². The third-order valence-electron chi connectivity index (χ3n) is 2.90. The Morgan fingerprint density at radius 2 is 2.60 bits per heavy atom. The van der Waals surface area contributed by atoms with Gasteiger partial charge in [-0.2, -0.15) is 5.26 Å². The molecule has 0 aromatic carbocycles. The predicted molar refractivity (Wildman–Crippen MR) is 38.3 cm³/mol. The van der Waals surface area contributed by atoms with Gasteiger partial charge in [-0.3, -0.25) is 4.90 Å². The molecule has 2 aliphatic rings. The molecule has 2 rings (SSSR count). The minimum atomic E-state index is 0.608. The maximum absolute atomic E-state index is 8.42. The molecule has 0 N–H and O–H groups in total. The fourth-order valence-electron chi connectivity index (χ4n) is 2.09. The summed E-state index contributed by atoms with van der Waals surface area (Å²) in [5.41, 5.74) is 0.608. The monoisotopic (exact) mass is 136 g/mol. The van der Waals surface area contributed by atoms with Gasteiger partial charge in [-0.1, -0.05) is 6.92 Å². The molecule has 2 atom stereocenters. The SMILES string of the molecule is CC12CC1CN(CC#N)C2. The molecule has 2 nitrogen and oxygen atoms in total. The van der Waals surface area contributed by atoms with Crippen molar-refractivity contribution >= 4 is 0 Å². The summed E-state index contributed by atoms with van der Waals surface area (Å²) < 4.78 is 0. The van der Waals surface area contributed by atoms with E-state index in [2.05, 4.69) is 17.9 Å². The van der Waals surface area contributed by atoms with Gasteiger partial charge in [0.15, 0.2) is 0 Å². The first kappa shape index (κ1) is 6.18. The maximum Gasteiger partial charge on any atom is 0.0866 e. The first-order chi connectivity index (χ1) is 4.74. The second-order valence-corrected chi connectivity index (χ2v) is 3.88. The number of hydrogen-bond acceptors (Lipinski definition) is 2. The van der Waals surface area contributed by atoms with Crippen molar-refractivity contribution in [3.8, 4) is 6.07 Å². The van der Waals surface area contributed by atoms with Crippen LogP contribution in [-0.4, -0.2) is 24.5 Å². The summed E-state index contributed by atoms with van der Waals surface area (Å²) in [6, 6.07) is 2.19. The molecule has 2 heteroatoms. The largest absolute Gasteiger partial charge is 0.290 e. The van der Waals surface area contributed by atoms with E-state index in [0.29, 0.717) is 12.0 Å². The summed E-state index contributed by atoms with van der Waals surface area (Å²) in [6.45, 7) is 5.29. The molecule has 0 spiro atoms. The molecule has 2 unspecified atom stereocenters. The summed E-state index contributed by atoms with van der Waals surface area (Å²) in [4.78, 5) is 2.26. The third-order valence-corrected chi connectivity index (χ3v) is 2.90. The topological polar surface area (TPSA) is 27.0 Å². The van der Waals surface area contributed by atoms with Crippen molar-refractivity contribution < 1.29 is 0 Å². The van der Waals surface area contributed by atoms with Crippen LogP contribution < -0.4 is 0 Å². The number of likely N-dealkylation sites (tertiary alicyclic amines) is 1. The van der Waals surface area contributed by atoms with E-state index in [0.717, 1.165) is 12.5 Å². The Morgan fingerprint density at radius 3 is 3.10 bits per heavy atom. The molecule has 0 bridgehead atoms. The van der Waals surface area contributed by atoms with Gasteiger partial charge in [0.05, 0.1) is 12.6 Å². The summed E-state index contributed by atoms with van der Waals surface area (Å²) in [7, 11) is 0. The van der Waals surface area contributed by atoms with E-state index in [1.807, 2.05) is 0 Å². The zero-order valence-electron chi connectivity index (χ0n) is 6.30. The predicted octanol–water partition coefficient (Wildman–Crippen LogP) is 0.852. The molecule has 1 heterocycles. The number of nitrogens with zero attached hydrogens (tertiary/aromatic N) is 2. The number of piperidine rings is 1. The van der Waals surface area contributed by atoms with Crippen LogP contribution in [0.2, 0.25) is 0 Å². The van der Waals surface area contributed by atoms with E-state index in [4.69, 9.17) is 5.26 Å². The summed E-state index contributed by atoms with van der Waals surface area (Å²) in [5, 5.41) is 8.42. The highest BCUT2D eigenvalue weighted by molar-refractivity contribution is 5.08. The second-order valence-electron chi connectivity index (χ2n) is 3.88. The maximum atomic E-state index is 8.42. The number of rotatable bonds is 1. The van der Waals surface area contributed by atoms with Crippen LogP contribution in [0.5, 0.6) is 0 Å². The zero-order valence-corrected chi connectivity index (χ0v) is 6.30. The fraction of sp³-hybridized carbons (Fsp3) is 0.875. The van der Waals surface area contributed by atoms with Crippen LogP contribution in [0.3, 0.4) is 0 Å². The van der Waals surface area contributed by atoms with Crippen LogP contribution in [0.4, 0.5) is 0 Å². The molecule has 1 saturated carbocycles. The normalized spacial score (nSPS) is 44.6. The fourth-order valence-corrected chi connectivity index (χ4v) is 2.09. The van der Waals surface area contributed by atoms with Gasteiger partial charge in [0.25, 0.3) is 0 Å². The Kier molecular flexibility index (Phi) is 1.07. The van der Waals surface area contributed by atoms with Crippen molar-refractivity contribution in [3.63, 3.8) is 0 Å². The first-order valence-corrected chi connectivity index (χ1v) is 3.84. The average Bonchev–Trinajstić information content (AvgIpc) is 2.34. The van der Waals surface area contributed by atoms with E-state index in [9.17, 15) is 0 Å². The Hall–Kier alpha value is -0.550. The van der Waals surface area contributed by atoms with Crippen molar-refractivity contribution in [2.45, 2.75) is 13.3 Å². The minimum absolute atomic E-state index is 0.608. The van der Waals surface area contributed by atoms with Gasteiger partial charge in [0.1, 0.15) is 0 Å². The van der Waals surface area contributed by atoms with Crippen LogP contribution in [0.15, 0.2) is 0 Å². The smallest absolute Gasteiger partial charge is 0.0866 e. The van der Waals surface area contributed by atoms with E-state index in [1.165, 1.54) is 13.0 Å². The van der Waals surface area contributed by atoms with Gasteiger partial charge in [0, 0.05) is 13.1 Å². The third kappa shape index (κ3) is 0.741. The Balaban J connectivity index is 1.93. The van der Waals surface area contributed by atoms with Gasteiger partial charge >= 0.3 is 0 Å². The quantitative estimate of drug-likeness (QED) is 0.500. The van der Waals surface area contributed by atoms with Gasteiger partial charge in [-0.25, -0.2) is 0 Å². The molecular weight excluding hydrogens is 124 g/mol. The zero-order chi connectivity index (χ0) is 7.19. The van der Waals surface area contributed by atoms with Crippen molar-refractivity contribution in [2.24, 2.45) is 11.3 Å². The highest BCUT2D eigenvalue weighted by Gasteiger charge is 2.55. The first-order valence-electron chi connectivity index (χ1n) is 3.84. The Bertz CT molecular complexity index is 194. The molecule has 0 aromatic heterocycles. The van der Waals surface area contributed by atoms with Crippen LogP contribution >= 0.6 is 0 Å². The lowest BCUT2D eigenvalue weighted by atomic mass is 10.1. The van der Waals surface area contributed by atoms with E-state index < -0.39 is 0 Å². The molecule has 0 aromatic rings. The molecule has 1 saturated heterocycles. The molecule has 10 heavy (non-hydrogen) atoms. The van der Waals surface area contributed by atoms with Crippen molar-refractivity contribution in [1.82, 2.24) is 4.90 Å². The second kappa shape index (κ2) is 1.73. The minimum Gasteiger partial charge on any atom is -0.290 e. The van der Waals surface area contributed by atoms with Gasteiger partial charge < -0.3 is 0 Å². The highest BCUT2D eigenvalue weighted by Crippen LogP contribution is 2.56. The van der Waals surface area contributed by atoms with Gasteiger partial charge in [-0.15, -0.1) is 0 Å². The molecular formula is C8H12N2. The molecule has 0 amide bonds. The van der Waals surface area contributed by atoms with Crippen LogP contribution in [-0.2, 0) is 0 Å². The van der Waals surface area contributed by atoms with E-state index in [-0.39, 0.29) is 0 Å². The highest BCUT2D eigenvalue weighted by atomic mass is 15.2. The summed E-state index contributed by atoms with van der Waals surface area (Å²) in [5.74, 6) is 0.917. The van der Waals surface area contributed by atoms with Crippen molar-refractivity contribution in [2.75, 3.05) is 19.6 Å².